The summed E-state index contributed by atoms with van der Waals surface area (Å²) in [6.45, 7) is 4.76. The van der Waals surface area contributed by atoms with Crippen LogP contribution in [0.4, 0.5) is 0 Å². The number of nitrogens with zero attached hydrogens (tertiary/aromatic N) is 1. The molecule has 0 saturated heterocycles. The predicted octanol–water partition coefficient (Wildman–Crippen LogP) is 13.4. The molecule has 0 spiro atoms. The van der Waals surface area contributed by atoms with Gasteiger partial charge in [0.25, 0.3) is 0 Å². The average Bonchev–Trinajstić information content (AvgIpc) is 3.17. The van der Waals surface area contributed by atoms with Crippen LogP contribution in [0.3, 0.4) is 0 Å². The Morgan fingerprint density at radius 3 is 1.50 bits per heavy atom. The van der Waals surface area contributed by atoms with E-state index in [0.717, 1.165) is 64.2 Å². The van der Waals surface area contributed by atoms with Gasteiger partial charge in [0.2, 0.25) is 5.91 Å². The number of carbonyl (C=O) groups is 1. The average molecular weight is 836 g/mol. The maximum Gasteiger partial charge on any atom is 0.472 e. The Morgan fingerprint density at radius 2 is 1.00 bits per heavy atom. The van der Waals surface area contributed by atoms with E-state index in [1.165, 1.54) is 109 Å². The lowest BCUT2D eigenvalue weighted by Gasteiger charge is -2.25. The zero-order valence-electron chi connectivity index (χ0n) is 38.3. The smallest absolute Gasteiger partial charge is 0.387 e. The Hall–Kier alpha value is -1.80. The van der Waals surface area contributed by atoms with E-state index in [1.54, 1.807) is 6.08 Å². The topological polar surface area (TPSA) is 105 Å². The van der Waals surface area contributed by atoms with Gasteiger partial charge in [-0.1, -0.05) is 177 Å². The lowest BCUT2D eigenvalue weighted by Crippen LogP contribution is -2.45. The van der Waals surface area contributed by atoms with Gasteiger partial charge in [0, 0.05) is 6.42 Å². The molecular formula is C49H92N2O6P+. The van der Waals surface area contributed by atoms with Crippen LogP contribution >= 0.6 is 7.82 Å². The van der Waals surface area contributed by atoms with Gasteiger partial charge in [-0.25, -0.2) is 4.57 Å². The highest BCUT2D eigenvalue weighted by Gasteiger charge is 2.27. The molecule has 0 aliphatic carbocycles. The molecule has 0 saturated carbocycles. The molecule has 0 fully saturated rings. The van der Waals surface area contributed by atoms with Crippen LogP contribution in [-0.4, -0.2) is 73.4 Å². The normalized spacial score (nSPS) is 14.8. The summed E-state index contributed by atoms with van der Waals surface area (Å²) in [4.78, 5) is 23.1. The number of allylic oxidation sites excluding steroid dienone is 9. The molecule has 0 aromatic rings. The number of aliphatic hydroxyl groups is 1. The van der Waals surface area contributed by atoms with Gasteiger partial charge in [-0.2, -0.15) is 0 Å². The van der Waals surface area contributed by atoms with E-state index in [9.17, 15) is 19.4 Å². The van der Waals surface area contributed by atoms with Crippen LogP contribution in [0.5, 0.6) is 0 Å². The number of phosphoric acid groups is 1. The molecule has 3 N–H and O–H groups in total. The quantitative estimate of drug-likeness (QED) is 0.0245. The molecule has 0 aromatic heterocycles. The van der Waals surface area contributed by atoms with E-state index in [4.69, 9.17) is 9.05 Å². The summed E-state index contributed by atoms with van der Waals surface area (Å²) in [6, 6.07) is -0.872. The number of nitrogens with one attached hydrogen (secondary N) is 1. The molecule has 0 aromatic carbocycles. The number of phosphoric ester groups is 1. The van der Waals surface area contributed by atoms with E-state index in [1.807, 2.05) is 27.2 Å². The molecule has 3 atom stereocenters. The molecule has 0 radical (unpaired) electrons. The maximum absolute atomic E-state index is 12.9. The number of aliphatic hydroxyl groups excluding tert-OH is 1. The van der Waals surface area contributed by atoms with Gasteiger partial charge in [0.15, 0.2) is 0 Å². The summed E-state index contributed by atoms with van der Waals surface area (Å²) < 4.78 is 23.6. The SMILES string of the molecule is CCCCCCC/C=C\C/C=C\C/C=C\CCCCCCCCC(=O)NC(COP(=O)(O)OCC[N+](C)(C)C)C(O)/C=C/CC/C=C/CCCCCCCCCCC. The number of likely N-dealkylation sites (N-methyl/N-ethyl adjacent to an activating group) is 1. The second-order valence-electron chi connectivity index (χ2n) is 17.1. The molecule has 0 rings (SSSR count). The third-order valence-corrected chi connectivity index (χ3v) is 11.2. The van der Waals surface area contributed by atoms with Crippen LogP contribution in [0.15, 0.2) is 60.8 Å². The standard InChI is InChI=1S/C49H91N2O6P/c1-6-8-10-12-14-16-18-20-22-23-24-25-26-27-29-31-33-35-37-39-41-43-49(53)50-47(46-57-58(54,55)56-45-44-51(3,4)5)48(52)42-40-38-36-34-32-30-28-21-19-17-15-13-11-9-7-2/h18,20,23-24,26-27,32,34,40,42,47-48,52H,6-17,19,21-22,25,28-31,33,35-39,41,43-46H2,1-5H3,(H-,50,53,54,55)/p+1/b20-18-,24-23-,27-26-,34-32+,42-40+. The minimum Gasteiger partial charge on any atom is -0.387 e. The van der Waals surface area contributed by atoms with E-state index >= 15 is 0 Å². The van der Waals surface area contributed by atoms with Gasteiger partial charge in [-0.05, 0) is 70.6 Å². The van der Waals surface area contributed by atoms with Crippen molar-refractivity contribution in [3.63, 3.8) is 0 Å². The molecule has 1 amide bonds. The van der Waals surface area contributed by atoms with E-state index in [-0.39, 0.29) is 19.1 Å². The summed E-state index contributed by atoms with van der Waals surface area (Å²) >= 11 is 0. The zero-order chi connectivity index (χ0) is 42.8. The largest absolute Gasteiger partial charge is 0.472 e. The highest BCUT2D eigenvalue weighted by molar-refractivity contribution is 7.47. The first-order valence-electron chi connectivity index (χ1n) is 23.7. The van der Waals surface area contributed by atoms with E-state index < -0.39 is 20.0 Å². The van der Waals surface area contributed by atoms with Crippen LogP contribution in [-0.2, 0) is 18.4 Å². The summed E-state index contributed by atoms with van der Waals surface area (Å²) in [6.07, 6.45) is 52.9. The van der Waals surface area contributed by atoms with Gasteiger partial charge in [0.05, 0.1) is 39.9 Å². The predicted molar refractivity (Wildman–Crippen MR) is 249 cm³/mol. The zero-order valence-corrected chi connectivity index (χ0v) is 39.2. The number of rotatable bonds is 42. The van der Waals surface area contributed by atoms with Gasteiger partial charge >= 0.3 is 7.82 Å². The number of quaternary nitrogens is 1. The molecule has 0 aliphatic rings. The molecule has 9 heteroatoms. The Kier molecular flexibility index (Phi) is 39.3. The van der Waals surface area contributed by atoms with Crippen molar-refractivity contribution in [2.75, 3.05) is 40.9 Å². The van der Waals surface area contributed by atoms with Gasteiger partial charge < -0.3 is 19.8 Å². The maximum atomic E-state index is 12.9. The molecule has 8 nitrogen and oxygen atoms in total. The fraction of sp³-hybridized carbons (Fsp3) is 0.776. The van der Waals surface area contributed by atoms with Crippen LogP contribution in [0, 0.1) is 0 Å². The monoisotopic (exact) mass is 836 g/mol. The minimum absolute atomic E-state index is 0.0509. The Morgan fingerprint density at radius 1 is 0.586 bits per heavy atom. The van der Waals surface area contributed by atoms with Crippen molar-refractivity contribution in [2.45, 2.75) is 206 Å². The molecule has 338 valence electrons. The molecule has 0 bridgehead atoms. The molecule has 0 aliphatic heterocycles. The second-order valence-corrected chi connectivity index (χ2v) is 18.6. The number of carbonyl (C=O) groups excluding carboxylic acids is 1. The fourth-order valence-electron chi connectivity index (χ4n) is 6.42. The Labute approximate surface area is 358 Å². The molecule has 3 unspecified atom stereocenters. The molecule has 58 heavy (non-hydrogen) atoms. The lowest BCUT2D eigenvalue weighted by atomic mass is 10.1. The number of hydrogen-bond acceptors (Lipinski definition) is 5. The van der Waals surface area contributed by atoms with Crippen LogP contribution in [0.25, 0.3) is 0 Å². The van der Waals surface area contributed by atoms with Gasteiger partial charge in [-0.15, -0.1) is 0 Å². The Bertz CT molecular complexity index is 1130. The first kappa shape index (κ1) is 56.2. The molecule has 0 heterocycles. The summed E-state index contributed by atoms with van der Waals surface area (Å²) in [5.74, 6) is -0.202. The molecular weight excluding hydrogens is 744 g/mol. The first-order valence-corrected chi connectivity index (χ1v) is 25.2. The van der Waals surface area contributed by atoms with Gasteiger partial charge in [0.1, 0.15) is 13.2 Å². The second kappa shape index (κ2) is 40.6. The van der Waals surface area contributed by atoms with Gasteiger partial charge in [-0.3, -0.25) is 13.8 Å². The van der Waals surface area contributed by atoms with Crippen molar-refractivity contribution in [3.8, 4) is 0 Å². The van der Waals surface area contributed by atoms with Crippen molar-refractivity contribution < 1.29 is 32.9 Å². The van der Waals surface area contributed by atoms with Crippen molar-refractivity contribution in [3.05, 3.63) is 60.8 Å². The lowest BCUT2D eigenvalue weighted by molar-refractivity contribution is -0.870. The fourth-order valence-corrected chi connectivity index (χ4v) is 7.15. The van der Waals surface area contributed by atoms with Crippen LogP contribution in [0.2, 0.25) is 0 Å². The number of unbranched alkanes of at least 4 members (excludes halogenated alkanes) is 21. The summed E-state index contributed by atoms with van der Waals surface area (Å²) in [5.41, 5.74) is 0. The highest BCUT2D eigenvalue weighted by Crippen LogP contribution is 2.43. The minimum atomic E-state index is -4.35. The van der Waals surface area contributed by atoms with Crippen molar-refractivity contribution in [1.29, 1.82) is 0 Å². The number of hydrogen-bond donors (Lipinski definition) is 3. The summed E-state index contributed by atoms with van der Waals surface area (Å²) in [7, 11) is 1.54. The summed E-state index contributed by atoms with van der Waals surface area (Å²) in [5, 5.41) is 13.8. The highest BCUT2D eigenvalue weighted by atomic mass is 31.2. The third-order valence-electron chi connectivity index (χ3n) is 10.2. The van der Waals surface area contributed by atoms with E-state index in [2.05, 4.69) is 67.8 Å². The van der Waals surface area contributed by atoms with Crippen LogP contribution < -0.4 is 5.32 Å². The van der Waals surface area contributed by atoms with Crippen molar-refractivity contribution >= 4 is 13.7 Å². The van der Waals surface area contributed by atoms with E-state index in [0.29, 0.717) is 17.4 Å². The Balaban J connectivity index is 4.45. The first-order chi connectivity index (χ1) is 28.0. The number of amides is 1. The van der Waals surface area contributed by atoms with Crippen molar-refractivity contribution in [1.82, 2.24) is 5.32 Å². The third kappa shape index (κ3) is 42.3. The van der Waals surface area contributed by atoms with Crippen molar-refractivity contribution in [2.24, 2.45) is 0 Å². The van der Waals surface area contributed by atoms with Crippen LogP contribution in [0.1, 0.15) is 194 Å².